The molecule has 0 aliphatic rings. The lowest BCUT2D eigenvalue weighted by atomic mass is 9.96. The molecule has 0 aliphatic carbocycles. The molecule has 0 spiro atoms. The highest BCUT2D eigenvalue weighted by atomic mass is 35.5. The zero-order chi connectivity index (χ0) is 25.1. The zero-order valence-electron chi connectivity index (χ0n) is 20.5. The van der Waals surface area contributed by atoms with Crippen molar-refractivity contribution < 1.29 is 18.7 Å². The summed E-state index contributed by atoms with van der Waals surface area (Å²) in [5.74, 6) is 1.25. The number of nitrogens with one attached hydrogen (secondary N) is 1. The van der Waals surface area contributed by atoms with Crippen LogP contribution in [0.15, 0.2) is 65.3 Å². The van der Waals surface area contributed by atoms with E-state index >= 15 is 0 Å². The van der Waals surface area contributed by atoms with Gasteiger partial charge in [-0.3, -0.25) is 4.79 Å². The molecular formula is C29H28ClNO4. The van der Waals surface area contributed by atoms with Gasteiger partial charge in [-0.15, -0.1) is 0 Å². The second-order valence-corrected chi connectivity index (χ2v) is 8.70. The van der Waals surface area contributed by atoms with Gasteiger partial charge >= 0.3 is 0 Å². The van der Waals surface area contributed by atoms with Crippen LogP contribution in [0.25, 0.3) is 27.7 Å². The first kappa shape index (κ1) is 24.4. The number of halogens is 1. The first-order valence-electron chi connectivity index (χ1n) is 11.4. The molecule has 180 valence electrons. The van der Waals surface area contributed by atoms with E-state index < -0.39 is 0 Å². The number of carbonyl (C=O) groups excluding carboxylic acids is 1. The van der Waals surface area contributed by atoms with E-state index in [4.69, 9.17) is 25.5 Å². The van der Waals surface area contributed by atoms with Gasteiger partial charge in [-0.05, 0) is 74.7 Å². The van der Waals surface area contributed by atoms with Gasteiger partial charge in [0.25, 0.3) is 0 Å². The predicted octanol–water partition coefficient (Wildman–Crippen LogP) is 7.82. The molecule has 0 fully saturated rings. The van der Waals surface area contributed by atoms with E-state index in [0.29, 0.717) is 23.1 Å². The number of aryl methyl sites for hydroxylation is 1. The summed E-state index contributed by atoms with van der Waals surface area (Å²) in [4.78, 5) is 12.9. The van der Waals surface area contributed by atoms with Crippen molar-refractivity contribution in [3.8, 4) is 22.6 Å². The maximum Gasteiger partial charge on any atom is 0.248 e. The van der Waals surface area contributed by atoms with Gasteiger partial charge in [0.05, 0.1) is 20.0 Å². The lowest BCUT2D eigenvalue weighted by Gasteiger charge is -2.15. The summed E-state index contributed by atoms with van der Waals surface area (Å²) in [7, 11) is 1.64. The van der Waals surface area contributed by atoms with E-state index in [1.54, 1.807) is 25.5 Å². The zero-order valence-corrected chi connectivity index (χ0v) is 21.2. The summed E-state index contributed by atoms with van der Waals surface area (Å²) in [6.07, 6.45) is 3.34. The summed E-state index contributed by atoms with van der Waals surface area (Å²) >= 11 is 6.20. The quantitative estimate of drug-likeness (QED) is 0.269. The second kappa shape index (κ2) is 10.3. The fourth-order valence-corrected chi connectivity index (χ4v) is 4.29. The maximum atomic E-state index is 12.9. The van der Waals surface area contributed by atoms with Crippen LogP contribution >= 0.6 is 11.6 Å². The molecular weight excluding hydrogens is 462 g/mol. The highest BCUT2D eigenvalue weighted by molar-refractivity contribution is 6.31. The van der Waals surface area contributed by atoms with E-state index in [-0.39, 0.29) is 5.91 Å². The Bertz CT molecular complexity index is 1420. The molecule has 0 saturated heterocycles. The maximum absolute atomic E-state index is 12.9. The number of ether oxygens (including phenoxy) is 2. The Morgan fingerprint density at radius 2 is 1.86 bits per heavy atom. The normalized spacial score (nSPS) is 11.5. The van der Waals surface area contributed by atoms with Crippen molar-refractivity contribution in [3.63, 3.8) is 0 Å². The van der Waals surface area contributed by atoms with Gasteiger partial charge < -0.3 is 19.2 Å². The number of methoxy groups -OCH3 is 1. The Balaban J connectivity index is 1.77. The number of amides is 1. The number of fused-ring (bicyclic) bond motifs is 1. The average molecular weight is 490 g/mol. The summed E-state index contributed by atoms with van der Waals surface area (Å²) in [6, 6.07) is 15.3. The Hall–Kier alpha value is -3.70. The van der Waals surface area contributed by atoms with Gasteiger partial charge in [0.2, 0.25) is 5.91 Å². The Kier molecular flexibility index (Phi) is 7.17. The van der Waals surface area contributed by atoms with Crippen LogP contribution in [0.1, 0.15) is 30.5 Å². The highest BCUT2D eigenvalue weighted by Gasteiger charge is 2.19. The van der Waals surface area contributed by atoms with Crippen LogP contribution in [0, 0.1) is 13.8 Å². The van der Waals surface area contributed by atoms with E-state index in [1.807, 2.05) is 70.2 Å². The van der Waals surface area contributed by atoms with E-state index in [2.05, 4.69) is 5.32 Å². The third-order valence-electron chi connectivity index (χ3n) is 6.03. The summed E-state index contributed by atoms with van der Waals surface area (Å²) in [5.41, 5.74) is 6.73. The smallest absolute Gasteiger partial charge is 0.248 e. The average Bonchev–Trinajstić information content (AvgIpc) is 3.28. The number of allylic oxidation sites excluding steroid dienone is 1. The minimum absolute atomic E-state index is 0.240. The topological polar surface area (TPSA) is 60.7 Å². The minimum Gasteiger partial charge on any atom is -0.497 e. The standard InChI is InChI=1S/C29H28ClNO4/c1-6-34-28-19(4)29-23(24(16-35-29)20-10-12-21(33-5)13-11-20)15-22(28)17(2)14-27(32)31-26-9-7-8-25(30)18(26)3/h7-16H,6H2,1-5H3,(H,31,32)/b17-14+. The lowest BCUT2D eigenvalue weighted by Crippen LogP contribution is -2.10. The summed E-state index contributed by atoms with van der Waals surface area (Å²) in [6.45, 7) is 8.18. The number of hydrogen-bond acceptors (Lipinski definition) is 4. The highest BCUT2D eigenvalue weighted by Crippen LogP contribution is 2.41. The van der Waals surface area contributed by atoms with Crippen LogP contribution < -0.4 is 14.8 Å². The van der Waals surface area contributed by atoms with Crippen molar-refractivity contribution >= 4 is 39.7 Å². The molecule has 35 heavy (non-hydrogen) atoms. The molecule has 0 saturated carbocycles. The molecule has 6 heteroatoms. The molecule has 0 unspecified atom stereocenters. The fraction of sp³-hybridized carbons (Fsp3) is 0.207. The van der Waals surface area contributed by atoms with Crippen LogP contribution in [0.3, 0.4) is 0 Å². The van der Waals surface area contributed by atoms with Gasteiger partial charge in [0, 0.05) is 38.9 Å². The van der Waals surface area contributed by atoms with Gasteiger partial charge in [-0.25, -0.2) is 0 Å². The van der Waals surface area contributed by atoms with Crippen LogP contribution in [0.5, 0.6) is 11.5 Å². The monoisotopic (exact) mass is 489 g/mol. The van der Waals surface area contributed by atoms with Gasteiger partial charge in [0.15, 0.2) is 0 Å². The molecule has 0 radical (unpaired) electrons. The Morgan fingerprint density at radius 3 is 2.54 bits per heavy atom. The summed E-state index contributed by atoms with van der Waals surface area (Å²) in [5, 5.41) is 4.48. The molecule has 3 aromatic carbocycles. The SMILES string of the molecule is CCOc1c(/C(C)=C/C(=O)Nc2cccc(Cl)c2C)cc2c(-c3ccc(OC)cc3)coc2c1C. The molecule has 1 aromatic heterocycles. The van der Waals surface area contributed by atoms with Gasteiger partial charge in [-0.1, -0.05) is 29.8 Å². The van der Waals surface area contributed by atoms with E-state index in [0.717, 1.165) is 50.1 Å². The van der Waals surface area contributed by atoms with Crippen LogP contribution in [0.4, 0.5) is 5.69 Å². The number of carbonyl (C=O) groups is 1. The molecule has 1 amide bonds. The van der Waals surface area contributed by atoms with E-state index in [9.17, 15) is 4.79 Å². The molecule has 5 nitrogen and oxygen atoms in total. The number of anilines is 1. The lowest BCUT2D eigenvalue weighted by molar-refractivity contribution is -0.111. The van der Waals surface area contributed by atoms with Gasteiger partial charge in [0.1, 0.15) is 17.1 Å². The predicted molar refractivity (Wildman–Crippen MR) is 143 cm³/mol. The number of hydrogen-bond donors (Lipinski definition) is 1. The van der Waals surface area contributed by atoms with Crippen LogP contribution in [-0.4, -0.2) is 19.6 Å². The molecule has 1 N–H and O–H groups in total. The Labute approximate surface area is 210 Å². The largest absolute Gasteiger partial charge is 0.497 e. The third kappa shape index (κ3) is 4.91. The molecule has 0 bridgehead atoms. The van der Waals surface area contributed by atoms with Crippen molar-refractivity contribution in [1.82, 2.24) is 0 Å². The number of furan rings is 1. The van der Waals surface area contributed by atoms with E-state index in [1.165, 1.54) is 0 Å². The minimum atomic E-state index is -0.240. The first-order valence-corrected chi connectivity index (χ1v) is 11.8. The van der Waals surface area contributed by atoms with Crippen molar-refractivity contribution in [2.24, 2.45) is 0 Å². The summed E-state index contributed by atoms with van der Waals surface area (Å²) < 4.78 is 17.3. The molecule has 4 rings (SSSR count). The fourth-order valence-electron chi connectivity index (χ4n) is 4.12. The molecule has 0 aliphatic heterocycles. The first-order chi connectivity index (χ1) is 16.8. The van der Waals surface area contributed by atoms with Gasteiger partial charge in [-0.2, -0.15) is 0 Å². The third-order valence-corrected chi connectivity index (χ3v) is 6.44. The van der Waals surface area contributed by atoms with Crippen molar-refractivity contribution in [3.05, 3.63) is 82.6 Å². The van der Waals surface area contributed by atoms with Crippen LogP contribution in [-0.2, 0) is 4.79 Å². The molecule has 1 heterocycles. The second-order valence-electron chi connectivity index (χ2n) is 8.29. The molecule has 4 aromatic rings. The van der Waals surface area contributed by atoms with Crippen molar-refractivity contribution in [1.29, 1.82) is 0 Å². The number of rotatable bonds is 7. The number of benzene rings is 3. The van der Waals surface area contributed by atoms with Crippen molar-refractivity contribution in [2.75, 3.05) is 19.0 Å². The molecule has 0 atom stereocenters. The van der Waals surface area contributed by atoms with Crippen molar-refractivity contribution in [2.45, 2.75) is 27.7 Å². The van der Waals surface area contributed by atoms with Crippen LogP contribution in [0.2, 0.25) is 5.02 Å². The Morgan fingerprint density at radius 1 is 1.11 bits per heavy atom.